The highest BCUT2D eigenvalue weighted by molar-refractivity contribution is 6.18. The van der Waals surface area contributed by atoms with Gasteiger partial charge in [0.05, 0.1) is 24.9 Å². The summed E-state index contributed by atoms with van der Waals surface area (Å²) in [6.07, 6.45) is -6.02. The summed E-state index contributed by atoms with van der Waals surface area (Å²) in [4.78, 5) is 11.5. The van der Waals surface area contributed by atoms with Crippen molar-refractivity contribution in [2.45, 2.75) is 102 Å². The fourth-order valence-corrected chi connectivity index (χ4v) is 8.08. The molecule has 2 saturated carbocycles. The highest BCUT2D eigenvalue weighted by Gasteiger charge is 2.62. The Kier molecular flexibility index (Phi) is 8.12. The minimum absolute atomic E-state index is 0.124. The van der Waals surface area contributed by atoms with E-state index in [-0.39, 0.29) is 35.2 Å². The van der Waals surface area contributed by atoms with Crippen LogP contribution in [0, 0.1) is 28.1 Å². The number of alkyl halides is 1. The molecule has 0 amide bonds. The zero-order chi connectivity index (χ0) is 27.5. The molecule has 7 N–H and O–H groups in total. The van der Waals surface area contributed by atoms with E-state index in [4.69, 9.17) is 21.1 Å². The lowest BCUT2D eigenvalue weighted by atomic mass is 9.44. The van der Waals surface area contributed by atoms with Crippen LogP contribution in [0.15, 0.2) is 11.6 Å². The van der Waals surface area contributed by atoms with Crippen LogP contribution in [-0.2, 0) is 14.3 Å². The van der Waals surface area contributed by atoms with Crippen molar-refractivity contribution in [2.75, 3.05) is 12.5 Å². The second-order valence-electron chi connectivity index (χ2n) is 12.4. The number of allylic oxidation sites excluding steroid dienone is 2. The molecule has 0 bridgehead atoms. The number of hydrogen-bond donors (Lipinski definition) is 7. The second-order valence-corrected chi connectivity index (χ2v) is 12.7. The number of ether oxygens (including phenoxy) is 2. The molecular formula is C26H41ClO10. The van der Waals surface area contributed by atoms with E-state index >= 15 is 0 Å². The van der Waals surface area contributed by atoms with E-state index in [9.17, 15) is 40.5 Å². The van der Waals surface area contributed by atoms with E-state index in [1.165, 1.54) is 5.57 Å². The predicted molar refractivity (Wildman–Crippen MR) is 131 cm³/mol. The molecule has 0 aromatic rings. The summed E-state index contributed by atoms with van der Waals surface area (Å²) >= 11 is 5.98. The Morgan fingerprint density at radius 2 is 1.84 bits per heavy atom. The molecule has 11 heteroatoms. The third kappa shape index (κ3) is 4.76. The van der Waals surface area contributed by atoms with Crippen molar-refractivity contribution in [3.8, 4) is 0 Å². The number of carboxylic acids is 1. The standard InChI is InChI=1S/C26H41ClO10/c1-24(16(29)10-27)7-6-13-12(8-24)4-5-15-25(13,2)9-14(28)21(33)26(15,3)11-36-23-19(32)17(30)18(31)20(37-23)22(34)35/h4,13-21,23,28-33H,5-11H2,1-3H3,(H,34,35)/t13-,14+,15+,16?,17+,18-,19-,20-,21+,23+,24-,25+,26+/m0/s1. The van der Waals surface area contributed by atoms with E-state index in [2.05, 4.69) is 13.0 Å². The molecule has 4 rings (SSSR count). The SMILES string of the molecule is C[C@]1(C(O)CCl)CC[C@H]2C(=CC[C@@H]3[C@]2(C)C[C@@H](O)[C@@H](O)[C@]3(C)CO[C@@H]2O[C@H](C(=O)O)[C@@H](O)[C@@H](O)[C@@H]2O)C1. The van der Waals surface area contributed by atoms with Crippen LogP contribution in [0.2, 0.25) is 0 Å². The lowest BCUT2D eigenvalue weighted by Gasteiger charge is -2.62. The molecule has 1 aliphatic heterocycles. The van der Waals surface area contributed by atoms with Gasteiger partial charge in [-0.15, -0.1) is 11.6 Å². The minimum Gasteiger partial charge on any atom is -0.479 e. The van der Waals surface area contributed by atoms with Crippen LogP contribution in [0.25, 0.3) is 0 Å². The number of aliphatic carboxylic acids is 1. The molecule has 13 atom stereocenters. The number of carboxylic acid groups (broad SMARTS) is 1. The van der Waals surface area contributed by atoms with Crippen molar-refractivity contribution >= 4 is 17.6 Å². The Bertz CT molecular complexity index is 901. The number of aliphatic hydroxyl groups is 6. The van der Waals surface area contributed by atoms with Gasteiger partial charge < -0.3 is 45.2 Å². The summed E-state index contributed by atoms with van der Waals surface area (Å²) in [6.45, 7) is 5.80. The number of hydrogen-bond acceptors (Lipinski definition) is 9. The number of aliphatic hydroxyl groups excluding tert-OH is 6. The fourth-order valence-electron chi connectivity index (χ4n) is 7.71. The maximum absolute atomic E-state index is 11.5. The normalized spacial score (nSPS) is 51.0. The maximum atomic E-state index is 11.5. The largest absolute Gasteiger partial charge is 0.479 e. The average molecular weight is 549 g/mol. The van der Waals surface area contributed by atoms with Gasteiger partial charge in [-0.2, -0.15) is 0 Å². The highest BCUT2D eigenvalue weighted by atomic mass is 35.5. The summed E-state index contributed by atoms with van der Waals surface area (Å²) in [7, 11) is 0. The zero-order valence-electron chi connectivity index (χ0n) is 21.5. The third-order valence-corrected chi connectivity index (χ3v) is 10.4. The van der Waals surface area contributed by atoms with Gasteiger partial charge in [-0.1, -0.05) is 32.4 Å². The van der Waals surface area contributed by atoms with Gasteiger partial charge in [-0.3, -0.25) is 0 Å². The number of rotatable bonds is 6. The maximum Gasteiger partial charge on any atom is 0.335 e. The first-order chi connectivity index (χ1) is 17.2. The van der Waals surface area contributed by atoms with Crippen molar-refractivity contribution in [3.63, 3.8) is 0 Å². The van der Waals surface area contributed by atoms with Gasteiger partial charge in [-0.25, -0.2) is 4.79 Å². The fraction of sp³-hybridized carbons (Fsp3) is 0.885. The van der Waals surface area contributed by atoms with Crippen LogP contribution in [0.5, 0.6) is 0 Å². The summed E-state index contributed by atoms with van der Waals surface area (Å²) in [6, 6.07) is 0. The summed E-state index contributed by atoms with van der Waals surface area (Å²) in [5.41, 5.74) is -0.476. The van der Waals surface area contributed by atoms with Gasteiger partial charge >= 0.3 is 5.97 Å². The smallest absolute Gasteiger partial charge is 0.335 e. The first-order valence-corrected chi connectivity index (χ1v) is 13.6. The van der Waals surface area contributed by atoms with Gasteiger partial charge in [0, 0.05) is 11.3 Å². The van der Waals surface area contributed by atoms with Gasteiger partial charge in [0.1, 0.15) is 18.3 Å². The van der Waals surface area contributed by atoms with Crippen molar-refractivity contribution in [2.24, 2.45) is 28.1 Å². The van der Waals surface area contributed by atoms with Crippen molar-refractivity contribution in [1.82, 2.24) is 0 Å². The lowest BCUT2D eigenvalue weighted by molar-refractivity contribution is -0.309. The van der Waals surface area contributed by atoms with E-state index in [1.807, 2.05) is 6.92 Å². The second kappa shape index (κ2) is 10.3. The molecule has 212 valence electrons. The van der Waals surface area contributed by atoms with Crippen LogP contribution in [-0.4, -0.2) is 103 Å². The van der Waals surface area contributed by atoms with Crippen LogP contribution in [0.1, 0.15) is 52.9 Å². The van der Waals surface area contributed by atoms with Crippen molar-refractivity contribution in [3.05, 3.63) is 11.6 Å². The summed E-state index contributed by atoms with van der Waals surface area (Å²) in [5.74, 6) is -1.33. The topological polar surface area (TPSA) is 177 Å². The molecule has 1 unspecified atom stereocenters. The molecule has 1 saturated heterocycles. The van der Waals surface area contributed by atoms with Crippen molar-refractivity contribution < 1.29 is 50.0 Å². The molecule has 0 radical (unpaired) electrons. The Balaban J connectivity index is 1.58. The van der Waals surface area contributed by atoms with E-state index in [0.717, 1.165) is 12.8 Å². The van der Waals surface area contributed by atoms with Gasteiger partial charge in [0.2, 0.25) is 0 Å². The third-order valence-electron chi connectivity index (χ3n) is 10.1. The molecule has 3 aliphatic carbocycles. The van der Waals surface area contributed by atoms with Gasteiger partial charge in [-0.05, 0) is 54.8 Å². The molecule has 0 aromatic heterocycles. The Hall–Kier alpha value is -0.820. The van der Waals surface area contributed by atoms with Crippen LogP contribution in [0.3, 0.4) is 0 Å². The zero-order valence-corrected chi connectivity index (χ0v) is 22.3. The van der Waals surface area contributed by atoms with Crippen molar-refractivity contribution in [1.29, 1.82) is 0 Å². The molecule has 10 nitrogen and oxygen atoms in total. The Morgan fingerprint density at radius 3 is 2.46 bits per heavy atom. The average Bonchev–Trinajstić information content (AvgIpc) is 2.84. The van der Waals surface area contributed by atoms with Crippen LogP contribution in [0.4, 0.5) is 0 Å². The number of fused-ring (bicyclic) bond motifs is 3. The molecule has 0 spiro atoms. The first kappa shape index (κ1) is 29.2. The van der Waals surface area contributed by atoms with E-state index in [0.29, 0.717) is 19.3 Å². The van der Waals surface area contributed by atoms with Gasteiger partial charge in [0.25, 0.3) is 0 Å². The monoisotopic (exact) mass is 548 g/mol. The quantitative estimate of drug-likeness (QED) is 0.181. The minimum atomic E-state index is -1.83. The summed E-state index contributed by atoms with van der Waals surface area (Å²) < 4.78 is 11.1. The molecule has 37 heavy (non-hydrogen) atoms. The van der Waals surface area contributed by atoms with Crippen LogP contribution >= 0.6 is 11.6 Å². The molecular weight excluding hydrogens is 508 g/mol. The molecule has 1 heterocycles. The Morgan fingerprint density at radius 1 is 1.16 bits per heavy atom. The Labute approximate surface area is 221 Å². The highest BCUT2D eigenvalue weighted by Crippen LogP contribution is 2.64. The molecule has 3 fully saturated rings. The van der Waals surface area contributed by atoms with E-state index in [1.54, 1.807) is 6.92 Å². The first-order valence-electron chi connectivity index (χ1n) is 13.0. The van der Waals surface area contributed by atoms with Crippen LogP contribution < -0.4 is 0 Å². The number of halogens is 1. The predicted octanol–water partition coefficient (Wildman–Crippen LogP) is 0.386. The van der Waals surface area contributed by atoms with E-state index < -0.39 is 60.4 Å². The molecule has 4 aliphatic rings. The lowest BCUT2D eigenvalue weighted by Crippen LogP contribution is -2.64. The van der Waals surface area contributed by atoms with Gasteiger partial charge in [0.15, 0.2) is 12.4 Å². The number of carbonyl (C=O) groups is 1. The summed E-state index contributed by atoms with van der Waals surface area (Å²) in [5, 5.41) is 72.5. The molecule has 0 aromatic carbocycles.